The molecule has 2 rings (SSSR count). The number of ketones is 2. The van der Waals surface area contributed by atoms with Crippen molar-refractivity contribution in [2.75, 3.05) is 6.61 Å². The Morgan fingerprint density at radius 3 is 2.27 bits per heavy atom. The topological polar surface area (TPSA) is 60.4 Å². The summed E-state index contributed by atoms with van der Waals surface area (Å²) in [5, 5.41) is 0.359. The average Bonchev–Trinajstić information content (AvgIpc) is 2.53. The predicted octanol–water partition coefficient (Wildman–Crippen LogP) is 3.58. The predicted molar refractivity (Wildman–Crippen MR) is 82.5 cm³/mol. The van der Waals surface area contributed by atoms with Crippen molar-refractivity contribution in [3.63, 3.8) is 0 Å². The maximum atomic E-state index is 12.4. The highest BCUT2D eigenvalue weighted by molar-refractivity contribution is 6.50. The van der Waals surface area contributed by atoms with Crippen LogP contribution in [0.3, 0.4) is 0 Å². The Balaban J connectivity index is 2.38. The second-order valence-electron chi connectivity index (χ2n) is 4.43. The minimum absolute atomic E-state index is 0.0194. The second kappa shape index (κ2) is 7.00. The number of carbonyl (C=O) groups excluding carboxylic acids is 3. The fourth-order valence-electron chi connectivity index (χ4n) is 1.95. The van der Waals surface area contributed by atoms with Crippen molar-refractivity contribution in [3.8, 4) is 0 Å². The van der Waals surface area contributed by atoms with Crippen LogP contribution in [0.2, 0.25) is 5.02 Å². The van der Waals surface area contributed by atoms with E-state index in [9.17, 15) is 14.4 Å². The molecule has 112 valence electrons. The van der Waals surface area contributed by atoms with Gasteiger partial charge in [-0.2, -0.15) is 0 Å². The third kappa shape index (κ3) is 3.40. The summed E-state index contributed by atoms with van der Waals surface area (Å²) in [5.41, 5.74) is 0.270. The van der Waals surface area contributed by atoms with Crippen molar-refractivity contribution >= 4 is 29.1 Å². The van der Waals surface area contributed by atoms with Gasteiger partial charge in [0.1, 0.15) is 0 Å². The highest BCUT2D eigenvalue weighted by atomic mass is 35.5. The Labute approximate surface area is 132 Å². The molecule has 0 N–H and O–H groups in total. The molecule has 0 bridgehead atoms. The van der Waals surface area contributed by atoms with Gasteiger partial charge in [0.05, 0.1) is 12.2 Å². The highest BCUT2D eigenvalue weighted by Gasteiger charge is 2.24. The Morgan fingerprint density at radius 2 is 1.64 bits per heavy atom. The Bertz CT molecular complexity index is 737. The molecule has 0 aliphatic rings. The summed E-state index contributed by atoms with van der Waals surface area (Å²) in [6, 6.07) is 12.2. The number of Topliss-reactive ketones (excluding diaryl/α,β-unsaturated/α-hetero) is 2. The number of hydrogen-bond acceptors (Lipinski definition) is 4. The first kappa shape index (κ1) is 15.9. The molecule has 0 aromatic heterocycles. The lowest BCUT2D eigenvalue weighted by molar-refractivity contribution is 0.0523. The first-order chi connectivity index (χ1) is 10.5. The summed E-state index contributed by atoms with van der Waals surface area (Å²) in [6.45, 7) is 1.85. The lowest BCUT2D eigenvalue weighted by atomic mass is 9.97. The Morgan fingerprint density at radius 1 is 0.955 bits per heavy atom. The molecule has 2 aromatic rings. The maximum absolute atomic E-state index is 12.4. The van der Waals surface area contributed by atoms with E-state index < -0.39 is 17.5 Å². The quantitative estimate of drug-likeness (QED) is 0.480. The first-order valence-electron chi connectivity index (χ1n) is 6.65. The summed E-state index contributed by atoms with van der Waals surface area (Å²) in [7, 11) is 0. The van der Waals surface area contributed by atoms with Gasteiger partial charge in [0.15, 0.2) is 0 Å². The molecule has 0 atom stereocenters. The van der Waals surface area contributed by atoms with E-state index in [-0.39, 0.29) is 23.3 Å². The third-order valence-corrected chi connectivity index (χ3v) is 3.20. The van der Waals surface area contributed by atoms with E-state index in [1.165, 1.54) is 24.3 Å². The van der Waals surface area contributed by atoms with Gasteiger partial charge in [-0.3, -0.25) is 9.59 Å². The van der Waals surface area contributed by atoms with Crippen LogP contribution < -0.4 is 0 Å². The molecule has 0 heterocycles. The standard InChI is InChI=1S/C17H13ClO4/c1-2-22-17(21)14-9-4-3-8-13(14)16(20)15(19)11-6-5-7-12(18)10-11/h3-10H,2H2,1H3. The first-order valence-corrected chi connectivity index (χ1v) is 7.03. The van der Waals surface area contributed by atoms with E-state index in [0.717, 1.165) is 0 Å². The lowest BCUT2D eigenvalue weighted by Crippen LogP contribution is -2.19. The third-order valence-electron chi connectivity index (χ3n) is 2.96. The van der Waals surface area contributed by atoms with Gasteiger partial charge in [0, 0.05) is 16.1 Å². The fraction of sp³-hybridized carbons (Fsp3) is 0.118. The zero-order valence-corrected chi connectivity index (χ0v) is 12.6. The molecular formula is C17H13ClO4. The number of benzene rings is 2. The molecule has 0 aliphatic heterocycles. The minimum atomic E-state index is -0.772. The van der Waals surface area contributed by atoms with Crippen molar-refractivity contribution in [2.24, 2.45) is 0 Å². The zero-order chi connectivity index (χ0) is 16.1. The van der Waals surface area contributed by atoms with E-state index in [0.29, 0.717) is 5.02 Å². The summed E-state index contributed by atoms with van der Waals surface area (Å²) < 4.78 is 4.90. The fourth-order valence-corrected chi connectivity index (χ4v) is 2.14. The number of hydrogen-bond donors (Lipinski definition) is 0. The van der Waals surface area contributed by atoms with Crippen LogP contribution in [0.1, 0.15) is 38.0 Å². The van der Waals surface area contributed by atoms with Gasteiger partial charge < -0.3 is 4.74 Å². The van der Waals surface area contributed by atoms with Crippen molar-refractivity contribution in [1.29, 1.82) is 0 Å². The minimum Gasteiger partial charge on any atom is -0.462 e. The number of ether oxygens (including phenoxy) is 1. The molecule has 2 aromatic carbocycles. The summed E-state index contributed by atoms with van der Waals surface area (Å²) in [4.78, 5) is 36.5. The average molecular weight is 317 g/mol. The molecule has 0 saturated carbocycles. The maximum Gasteiger partial charge on any atom is 0.338 e. The van der Waals surface area contributed by atoms with E-state index in [1.807, 2.05) is 0 Å². The number of carbonyl (C=O) groups is 3. The van der Waals surface area contributed by atoms with E-state index >= 15 is 0 Å². The second-order valence-corrected chi connectivity index (χ2v) is 4.87. The van der Waals surface area contributed by atoms with Crippen LogP contribution in [0.5, 0.6) is 0 Å². The molecule has 22 heavy (non-hydrogen) atoms. The normalized spacial score (nSPS) is 10.1. The summed E-state index contributed by atoms with van der Waals surface area (Å²) >= 11 is 5.82. The van der Waals surface area contributed by atoms with Gasteiger partial charge in [-0.25, -0.2) is 4.79 Å². The molecule has 0 unspecified atom stereocenters. The summed E-state index contributed by atoms with van der Waals surface area (Å²) in [5.74, 6) is -2.13. The van der Waals surface area contributed by atoms with Crippen LogP contribution in [0.15, 0.2) is 48.5 Å². The van der Waals surface area contributed by atoms with E-state index in [1.54, 1.807) is 31.2 Å². The van der Waals surface area contributed by atoms with Crippen LogP contribution in [-0.2, 0) is 4.74 Å². The van der Waals surface area contributed by atoms with Gasteiger partial charge in [-0.15, -0.1) is 0 Å². The number of rotatable bonds is 5. The van der Waals surface area contributed by atoms with Crippen LogP contribution in [-0.4, -0.2) is 24.1 Å². The van der Waals surface area contributed by atoms with Gasteiger partial charge in [-0.05, 0) is 25.1 Å². The molecule has 4 nitrogen and oxygen atoms in total. The van der Waals surface area contributed by atoms with E-state index in [4.69, 9.17) is 16.3 Å². The molecule has 0 spiro atoms. The van der Waals surface area contributed by atoms with Crippen molar-refractivity contribution in [3.05, 3.63) is 70.2 Å². The Kier molecular flexibility index (Phi) is 5.07. The number of halogens is 1. The van der Waals surface area contributed by atoms with Crippen LogP contribution in [0.25, 0.3) is 0 Å². The molecule has 0 aliphatic carbocycles. The molecule has 0 amide bonds. The molecular weight excluding hydrogens is 304 g/mol. The lowest BCUT2D eigenvalue weighted by Gasteiger charge is -2.07. The Hall–Kier alpha value is -2.46. The zero-order valence-electron chi connectivity index (χ0n) is 11.8. The van der Waals surface area contributed by atoms with Crippen molar-refractivity contribution < 1.29 is 19.1 Å². The van der Waals surface area contributed by atoms with Crippen LogP contribution in [0.4, 0.5) is 0 Å². The monoisotopic (exact) mass is 316 g/mol. The van der Waals surface area contributed by atoms with Gasteiger partial charge in [-0.1, -0.05) is 41.9 Å². The van der Waals surface area contributed by atoms with E-state index in [2.05, 4.69) is 0 Å². The van der Waals surface area contributed by atoms with Gasteiger partial charge in [0.25, 0.3) is 0 Å². The van der Waals surface area contributed by atoms with Crippen molar-refractivity contribution in [1.82, 2.24) is 0 Å². The molecule has 0 radical (unpaired) electrons. The van der Waals surface area contributed by atoms with Gasteiger partial charge >= 0.3 is 5.97 Å². The number of esters is 1. The van der Waals surface area contributed by atoms with Crippen LogP contribution >= 0.6 is 11.6 Å². The molecule has 5 heteroatoms. The highest BCUT2D eigenvalue weighted by Crippen LogP contribution is 2.16. The van der Waals surface area contributed by atoms with Crippen molar-refractivity contribution in [2.45, 2.75) is 6.92 Å². The SMILES string of the molecule is CCOC(=O)c1ccccc1C(=O)C(=O)c1cccc(Cl)c1. The van der Waals surface area contributed by atoms with Crippen LogP contribution in [0, 0.1) is 0 Å². The molecule has 0 saturated heterocycles. The van der Waals surface area contributed by atoms with Gasteiger partial charge in [0.2, 0.25) is 11.6 Å². The summed E-state index contributed by atoms with van der Waals surface area (Å²) in [6.07, 6.45) is 0. The smallest absolute Gasteiger partial charge is 0.338 e. The largest absolute Gasteiger partial charge is 0.462 e. The molecule has 0 fully saturated rings.